The number of rotatable bonds is 3. The van der Waals surface area contributed by atoms with Crippen LogP contribution in [-0.2, 0) is 6.61 Å². The van der Waals surface area contributed by atoms with Crippen molar-refractivity contribution in [3.8, 4) is 5.75 Å². The van der Waals surface area contributed by atoms with E-state index in [2.05, 4.69) is 4.98 Å². The lowest BCUT2D eigenvalue weighted by atomic mass is 10.2. The van der Waals surface area contributed by atoms with Crippen LogP contribution in [-0.4, -0.2) is 4.98 Å². The van der Waals surface area contributed by atoms with E-state index in [1.54, 1.807) is 6.20 Å². The molecule has 0 radical (unpaired) electrons. The second kappa shape index (κ2) is 4.99. The molecule has 0 fully saturated rings. The van der Waals surface area contributed by atoms with Crippen molar-refractivity contribution < 1.29 is 4.74 Å². The Morgan fingerprint density at radius 2 is 2.06 bits per heavy atom. The van der Waals surface area contributed by atoms with E-state index < -0.39 is 0 Å². The summed E-state index contributed by atoms with van der Waals surface area (Å²) in [6.07, 6.45) is 3.61. The van der Waals surface area contributed by atoms with Gasteiger partial charge in [-0.1, -0.05) is 23.7 Å². The number of hydrogen-bond acceptors (Lipinski definition) is 2. The van der Waals surface area contributed by atoms with Crippen molar-refractivity contribution in [2.75, 3.05) is 0 Å². The molecule has 0 saturated heterocycles. The van der Waals surface area contributed by atoms with Gasteiger partial charge in [0.2, 0.25) is 0 Å². The molecule has 2 nitrogen and oxygen atoms in total. The highest BCUT2D eigenvalue weighted by Gasteiger charge is 2.00. The molecule has 0 atom stereocenters. The normalized spacial score (nSPS) is 10.1. The maximum Gasteiger partial charge on any atom is 0.138 e. The molecule has 0 spiro atoms. The number of nitrogens with zero attached hydrogens (tertiary/aromatic N) is 1. The molecule has 0 aliphatic carbocycles. The Morgan fingerprint density at radius 1 is 1.25 bits per heavy atom. The second-order valence-electron chi connectivity index (χ2n) is 3.59. The van der Waals surface area contributed by atoms with Crippen molar-refractivity contribution in [2.45, 2.75) is 13.5 Å². The van der Waals surface area contributed by atoms with Gasteiger partial charge >= 0.3 is 0 Å². The molecule has 1 heterocycles. The van der Waals surface area contributed by atoms with E-state index in [-0.39, 0.29) is 0 Å². The third-order valence-corrected chi connectivity index (χ3v) is 2.47. The highest BCUT2D eigenvalue weighted by Crippen LogP contribution is 2.23. The standard InChI is InChI=1S/C13H12ClNO/c1-10-6-11(8-15-7-10)9-16-13-5-3-2-4-12(13)14/h2-8H,9H2,1H3. The Kier molecular flexibility index (Phi) is 3.42. The van der Waals surface area contributed by atoms with Crippen LogP contribution in [0.2, 0.25) is 5.02 Å². The van der Waals surface area contributed by atoms with E-state index in [9.17, 15) is 0 Å². The topological polar surface area (TPSA) is 22.1 Å². The zero-order valence-corrected chi connectivity index (χ0v) is 9.74. The zero-order valence-electron chi connectivity index (χ0n) is 8.98. The average Bonchev–Trinajstić information content (AvgIpc) is 2.28. The van der Waals surface area contributed by atoms with E-state index in [0.29, 0.717) is 17.4 Å². The predicted octanol–water partition coefficient (Wildman–Crippen LogP) is 3.62. The highest BCUT2D eigenvalue weighted by molar-refractivity contribution is 6.32. The fourth-order valence-electron chi connectivity index (χ4n) is 1.42. The van der Waals surface area contributed by atoms with Crippen LogP contribution < -0.4 is 4.74 Å². The number of benzene rings is 1. The number of pyridine rings is 1. The summed E-state index contributed by atoms with van der Waals surface area (Å²) in [6, 6.07) is 9.49. The van der Waals surface area contributed by atoms with Crippen molar-refractivity contribution in [2.24, 2.45) is 0 Å². The lowest BCUT2D eigenvalue weighted by Gasteiger charge is -2.07. The summed E-state index contributed by atoms with van der Waals surface area (Å²) in [5, 5.41) is 0.628. The zero-order chi connectivity index (χ0) is 11.4. The van der Waals surface area contributed by atoms with Gasteiger partial charge in [-0.2, -0.15) is 0 Å². The van der Waals surface area contributed by atoms with E-state index >= 15 is 0 Å². The molecule has 0 bridgehead atoms. The van der Waals surface area contributed by atoms with Gasteiger partial charge in [0.05, 0.1) is 5.02 Å². The first-order chi connectivity index (χ1) is 7.75. The third kappa shape index (κ3) is 2.74. The molecular weight excluding hydrogens is 222 g/mol. The highest BCUT2D eigenvalue weighted by atomic mass is 35.5. The minimum Gasteiger partial charge on any atom is -0.487 e. The Balaban J connectivity index is 2.05. The molecule has 0 saturated carbocycles. The van der Waals surface area contributed by atoms with Crippen LogP contribution in [0.25, 0.3) is 0 Å². The number of aryl methyl sites for hydroxylation is 1. The van der Waals surface area contributed by atoms with Gasteiger partial charge in [-0.25, -0.2) is 0 Å². The quantitative estimate of drug-likeness (QED) is 0.808. The van der Waals surface area contributed by atoms with Gasteiger partial charge in [0.25, 0.3) is 0 Å². The van der Waals surface area contributed by atoms with Crippen molar-refractivity contribution in [1.82, 2.24) is 4.98 Å². The predicted molar refractivity (Wildman–Crippen MR) is 64.8 cm³/mol. The molecule has 0 aliphatic heterocycles. The molecule has 2 aromatic rings. The number of hydrogen-bond donors (Lipinski definition) is 0. The van der Waals surface area contributed by atoms with Crippen LogP contribution in [0.5, 0.6) is 5.75 Å². The van der Waals surface area contributed by atoms with Crippen LogP contribution in [0.1, 0.15) is 11.1 Å². The maximum atomic E-state index is 5.98. The van der Waals surface area contributed by atoms with Crippen LogP contribution in [0.3, 0.4) is 0 Å². The first-order valence-corrected chi connectivity index (χ1v) is 5.41. The molecule has 82 valence electrons. The van der Waals surface area contributed by atoms with E-state index in [0.717, 1.165) is 11.1 Å². The third-order valence-electron chi connectivity index (χ3n) is 2.16. The Bertz CT molecular complexity index is 485. The SMILES string of the molecule is Cc1cncc(COc2ccccc2Cl)c1. The van der Waals surface area contributed by atoms with E-state index in [1.165, 1.54) is 0 Å². The number of para-hydroxylation sites is 1. The van der Waals surface area contributed by atoms with Gasteiger partial charge in [0.1, 0.15) is 12.4 Å². The first kappa shape index (κ1) is 11.0. The van der Waals surface area contributed by atoms with Gasteiger partial charge in [-0.3, -0.25) is 4.98 Å². The van der Waals surface area contributed by atoms with Crippen LogP contribution in [0, 0.1) is 6.92 Å². The summed E-state index contributed by atoms with van der Waals surface area (Å²) in [5.41, 5.74) is 2.17. The molecule has 0 aliphatic rings. The Hall–Kier alpha value is -1.54. The number of ether oxygens (including phenoxy) is 1. The van der Waals surface area contributed by atoms with Gasteiger partial charge in [-0.15, -0.1) is 0 Å². The fourth-order valence-corrected chi connectivity index (χ4v) is 1.61. The summed E-state index contributed by atoms with van der Waals surface area (Å²) in [6.45, 7) is 2.49. The summed E-state index contributed by atoms with van der Waals surface area (Å²) in [4.78, 5) is 4.11. The molecule has 0 unspecified atom stereocenters. The molecule has 1 aromatic heterocycles. The van der Waals surface area contributed by atoms with Crippen molar-refractivity contribution in [1.29, 1.82) is 0 Å². The summed E-state index contributed by atoms with van der Waals surface area (Å²) >= 11 is 5.98. The molecular formula is C13H12ClNO. The fraction of sp³-hybridized carbons (Fsp3) is 0.154. The number of halogens is 1. The lowest BCUT2D eigenvalue weighted by Crippen LogP contribution is -1.96. The molecule has 0 N–H and O–H groups in total. The minimum atomic E-state index is 0.485. The van der Waals surface area contributed by atoms with Crippen molar-refractivity contribution in [3.63, 3.8) is 0 Å². The lowest BCUT2D eigenvalue weighted by molar-refractivity contribution is 0.306. The summed E-state index contributed by atoms with van der Waals surface area (Å²) in [5.74, 6) is 0.700. The summed E-state index contributed by atoms with van der Waals surface area (Å²) in [7, 11) is 0. The van der Waals surface area contributed by atoms with Crippen molar-refractivity contribution >= 4 is 11.6 Å². The van der Waals surface area contributed by atoms with Crippen LogP contribution in [0.15, 0.2) is 42.7 Å². The molecule has 2 rings (SSSR count). The minimum absolute atomic E-state index is 0.485. The van der Waals surface area contributed by atoms with E-state index in [4.69, 9.17) is 16.3 Å². The van der Waals surface area contributed by atoms with Crippen molar-refractivity contribution in [3.05, 3.63) is 58.9 Å². The summed E-state index contributed by atoms with van der Waals surface area (Å²) < 4.78 is 5.61. The smallest absolute Gasteiger partial charge is 0.138 e. The van der Waals surface area contributed by atoms with Gasteiger partial charge in [0.15, 0.2) is 0 Å². The largest absolute Gasteiger partial charge is 0.487 e. The maximum absolute atomic E-state index is 5.98. The Morgan fingerprint density at radius 3 is 2.81 bits per heavy atom. The first-order valence-electron chi connectivity index (χ1n) is 5.03. The molecule has 16 heavy (non-hydrogen) atoms. The van der Waals surface area contributed by atoms with Gasteiger partial charge in [-0.05, 0) is 30.7 Å². The molecule has 3 heteroatoms. The van der Waals surface area contributed by atoms with Gasteiger partial charge in [0, 0.05) is 18.0 Å². The second-order valence-corrected chi connectivity index (χ2v) is 4.00. The number of aromatic nitrogens is 1. The average molecular weight is 234 g/mol. The van der Waals surface area contributed by atoms with E-state index in [1.807, 2.05) is 43.5 Å². The van der Waals surface area contributed by atoms with Crippen LogP contribution >= 0.6 is 11.6 Å². The molecule has 1 aromatic carbocycles. The Labute approximate surface area is 99.9 Å². The monoisotopic (exact) mass is 233 g/mol. The molecule has 0 amide bonds. The van der Waals surface area contributed by atoms with Crippen LogP contribution in [0.4, 0.5) is 0 Å². The van der Waals surface area contributed by atoms with Gasteiger partial charge < -0.3 is 4.74 Å².